The van der Waals surface area contributed by atoms with Crippen LogP contribution in [0.25, 0.3) is 0 Å². The Hall–Kier alpha value is -3.24. The third-order valence-electron chi connectivity index (χ3n) is 4.58. The van der Waals surface area contributed by atoms with Gasteiger partial charge in [0.1, 0.15) is 12.7 Å². The zero-order valence-electron chi connectivity index (χ0n) is 14.4. The molecule has 0 aliphatic rings. The summed E-state index contributed by atoms with van der Waals surface area (Å²) in [4.78, 5) is 18.0. The lowest BCUT2D eigenvalue weighted by molar-refractivity contribution is 0.0878. The van der Waals surface area contributed by atoms with Gasteiger partial charge in [-0.1, -0.05) is 84.4 Å². The molecule has 1 unspecified atom stereocenters. The minimum Gasteiger partial charge on any atom is -0.291 e. The number of carbonyl (C=O) groups is 1. The Bertz CT molecular complexity index is 1030. The van der Waals surface area contributed by atoms with E-state index in [0.29, 0.717) is 10.6 Å². The lowest BCUT2D eigenvalue weighted by atomic mass is 9.77. The molecule has 27 heavy (non-hydrogen) atoms. The van der Waals surface area contributed by atoms with Crippen LogP contribution < -0.4 is 0 Å². The van der Waals surface area contributed by atoms with Crippen LogP contribution in [-0.2, 0) is 5.54 Å². The molecule has 4 nitrogen and oxygen atoms in total. The minimum absolute atomic E-state index is 0.0953. The van der Waals surface area contributed by atoms with Crippen molar-refractivity contribution in [3.8, 4) is 0 Å². The summed E-state index contributed by atoms with van der Waals surface area (Å²) in [5, 5.41) is 4.97. The molecule has 4 aromatic rings. The van der Waals surface area contributed by atoms with Crippen molar-refractivity contribution in [2.75, 3.05) is 0 Å². The molecule has 0 fully saturated rings. The van der Waals surface area contributed by atoms with E-state index in [9.17, 15) is 4.79 Å². The minimum atomic E-state index is -1.19. The number of nitrogens with zero attached hydrogens (tertiary/aromatic N) is 3. The molecule has 0 saturated heterocycles. The predicted molar refractivity (Wildman–Crippen MR) is 105 cm³/mol. The number of carbonyl (C=O) groups excluding carboxylic acids is 1. The molecule has 0 aliphatic carbocycles. The van der Waals surface area contributed by atoms with Crippen LogP contribution in [0.2, 0.25) is 5.02 Å². The van der Waals surface area contributed by atoms with E-state index >= 15 is 0 Å². The summed E-state index contributed by atoms with van der Waals surface area (Å²) < 4.78 is 1.61. The lowest BCUT2D eigenvalue weighted by Gasteiger charge is -2.33. The highest BCUT2D eigenvalue weighted by atomic mass is 35.5. The summed E-state index contributed by atoms with van der Waals surface area (Å²) in [6.07, 6.45) is 3.01. The molecule has 0 bridgehead atoms. The smallest absolute Gasteiger partial charge is 0.199 e. The van der Waals surface area contributed by atoms with Crippen molar-refractivity contribution in [3.63, 3.8) is 0 Å². The third-order valence-corrected chi connectivity index (χ3v) is 4.83. The van der Waals surface area contributed by atoms with Crippen molar-refractivity contribution in [2.24, 2.45) is 0 Å². The first-order valence-corrected chi connectivity index (χ1v) is 8.87. The van der Waals surface area contributed by atoms with Crippen LogP contribution in [0.4, 0.5) is 0 Å². The standard InChI is InChI=1S/C22H16ClN3O/c23-20-13-11-19(12-14-20)22(26-16-24-15-25-26,18-9-5-2-6-10-18)21(27)17-7-3-1-4-8-17/h1-16H. The highest BCUT2D eigenvalue weighted by Gasteiger charge is 2.45. The fraction of sp³-hybridized carbons (Fsp3) is 0.0455. The molecule has 3 aromatic carbocycles. The largest absolute Gasteiger partial charge is 0.291 e. The first-order chi connectivity index (χ1) is 13.2. The van der Waals surface area contributed by atoms with E-state index in [0.717, 1.165) is 11.1 Å². The van der Waals surface area contributed by atoms with E-state index in [4.69, 9.17) is 11.6 Å². The molecule has 0 radical (unpaired) electrons. The van der Waals surface area contributed by atoms with Crippen LogP contribution in [0.5, 0.6) is 0 Å². The topological polar surface area (TPSA) is 47.8 Å². The summed E-state index contributed by atoms with van der Waals surface area (Å²) in [6.45, 7) is 0. The van der Waals surface area contributed by atoms with E-state index in [1.807, 2.05) is 72.8 Å². The predicted octanol–water partition coefficient (Wildman–Crippen LogP) is 4.61. The van der Waals surface area contributed by atoms with E-state index in [1.54, 1.807) is 23.1 Å². The van der Waals surface area contributed by atoms with Crippen LogP contribution >= 0.6 is 11.6 Å². The van der Waals surface area contributed by atoms with Gasteiger partial charge in [-0.3, -0.25) is 4.79 Å². The average molecular weight is 374 g/mol. The molecule has 0 aliphatic heterocycles. The van der Waals surface area contributed by atoms with Gasteiger partial charge in [-0.15, -0.1) is 0 Å². The van der Waals surface area contributed by atoms with Gasteiger partial charge in [0.2, 0.25) is 0 Å². The van der Waals surface area contributed by atoms with Gasteiger partial charge in [0.15, 0.2) is 11.3 Å². The van der Waals surface area contributed by atoms with Crippen molar-refractivity contribution >= 4 is 17.4 Å². The van der Waals surface area contributed by atoms with Crippen molar-refractivity contribution < 1.29 is 4.79 Å². The SMILES string of the molecule is O=C(c1ccccc1)C(c1ccccc1)(c1ccc(Cl)cc1)n1cncn1. The summed E-state index contributed by atoms with van der Waals surface area (Å²) in [6, 6.07) is 26.1. The van der Waals surface area contributed by atoms with E-state index in [1.165, 1.54) is 6.33 Å². The summed E-state index contributed by atoms with van der Waals surface area (Å²) in [5.74, 6) is -0.0953. The van der Waals surface area contributed by atoms with Crippen LogP contribution in [0.15, 0.2) is 97.6 Å². The summed E-state index contributed by atoms with van der Waals surface area (Å²) >= 11 is 6.11. The highest BCUT2D eigenvalue weighted by Crippen LogP contribution is 2.37. The summed E-state index contributed by atoms with van der Waals surface area (Å²) in [5.41, 5.74) is 0.958. The van der Waals surface area contributed by atoms with Gasteiger partial charge in [-0.05, 0) is 23.3 Å². The number of Topliss-reactive ketones (excluding diaryl/α,β-unsaturated/α-hetero) is 1. The number of benzene rings is 3. The fourth-order valence-corrected chi connectivity index (χ4v) is 3.47. The molecular weight excluding hydrogens is 358 g/mol. The molecule has 132 valence electrons. The molecule has 1 heterocycles. The molecule has 0 amide bonds. The number of halogens is 1. The normalized spacial score (nSPS) is 13.1. The van der Waals surface area contributed by atoms with Gasteiger partial charge in [0.05, 0.1) is 0 Å². The highest BCUT2D eigenvalue weighted by molar-refractivity contribution is 6.30. The van der Waals surface area contributed by atoms with Gasteiger partial charge in [0, 0.05) is 10.6 Å². The quantitative estimate of drug-likeness (QED) is 0.480. The lowest BCUT2D eigenvalue weighted by Crippen LogP contribution is -2.44. The Kier molecular flexibility index (Phi) is 4.57. The molecule has 0 N–H and O–H groups in total. The van der Waals surface area contributed by atoms with Gasteiger partial charge in [0.25, 0.3) is 0 Å². The molecule has 0 saturated carbocycles. The van der Waals surface area contributed by atoms with Crippen LogP contribution in [0.1, 0.15) is 21.5 Å². The maximum Gasteiger partial charge on any atom is 0.199 e. The molecule has 1 atom stereocenters. The molecule has 5 heteroatoms. The first kappa shape index (κ1) is 17.2. The number of hydrogen-bond acceptors (Lipinski definition) is 3. The number of aromatic nitrogens is 3. The van der Waals surface area contributed by atoms with Crippen molar-refractivity contribution in [1.82, 2.24) is 14.8 Å². The molecule has 0 spiro atoms. The van der Waals surface area contributed by atoms with Crippen molar-refractivity contribution in [3.05, 3.63) is 119 Å². The van der Waals surface area contributed by atoms with E-state index in [-0.39, 0.29) is 5.78 Å². The first-order valence-electron chi connectivity index (χ1n) is 8.49. The Morgan fingerprint density at radius 1 is 0.815 bits per heavy atom. The van der Waals surface area contributed by atoms with Gasteiger partial charge in [-0.2, -0.15) is 5.10 Å². The van der Waals surface area contributed by atoms with Crippen molar-refractivity contribution in [2.45, 2.75) is 5.54 Å². The second kappa shape index (κ2) is 7.17. The summed E-state index contributed by atoms with van der Waals surface area (Å²) in [7, 11) is 0. The van der Waals surface area contributed by atoms with Gasteiger partial charge >= 0.3 is 0 Å². The van der Waals surface area contributed by atoms with Crippen LogP contribution in [0, 0.1) is 0 Å². The Morgan fingerprint density at radius 3 is 2.00 bits per heavy atom. The van der Waals surface area contributed by atoms with Crippen LogP contribution in [-0.4, -0.2) is 20.5 Å². The molecular formula is C22H16ClN3O. The third kappa shape index (κ3) is 2.94. The fourth-order valence-electron chi connectivity index (χ4n) is 3.35. The Balaban J connectivity index is 2.06. The average Bonchev–Trinajstić information content (AvgIpc) is 3.26. The zero-order chi connectivity index (χ0) is 18.7. The zero-order valence-corrected chi connectivity index (χ0v) is 15.1. The van der Waals surface area contributed by atoms with Crippen molar-refractivity contribution in [1.29, 1.82) is 0 Å². The maximum atomic E-state index is 13.9. The molecule has 4 rings (SSSR count). The maximum absolute atomic E-state index is 13.9. The van der Waals surface area contributed by atoms with Gasteiger partial charge < -0.3 is 0 Å². The second-order valence-corrected chi connectivity index (χ2v) is 6.55. The van der Waals surface area contributed by atoms with Gasteiger partial charge in [-0.25, -0.2) is 9.67 Å². The number of hydrogen-bond donors (Lipinski definition) is 0. The Morgan fingerprint density at radius 2 is 1.41 bits per heavy atom. The Labute approximate surface area is 162 Å². The molecule has 1 aromatic heterocycles. The number of rotatable bonds is 5. The number of ketones is 1. The second-order valence-electron chi connectivity index (χ2n) is 6.12. The van der Waals surface area contributed by atoms with E-state index < -0.39 is 5.54 Å². The van der Waals surface area contributed by atoms with Crippen LogP contribution in [0.3, 0.4) is 0 Å². The monoisotopic (exact) mass is 373 g/mol. The van der Waals surface area contributed by atoms with E-state index in [2.05, 4.69) is 10.1 Å².